The van der Waals surface area contributed by atoms with Crippen molar-refractivity contribution in [1.29, 1.82) is 0 Å². The van der Waals surface area contributed by atoms with Crippen molar-refractivity contribution in [2.75, 3.05) is 6.61 Å². The Morgan fingerprint density at radius 1 is 1.25 bits per heavy atom. The van der Waals surface area contributed by atoms with Gasteiger partial charge in [-0.05, 0) is 29.8 Å². The summed E-state index contributed by atoms with van der Waals surface area (Å²) < 4.78 is 41.2. The second kappa shape index (κ2) is 6.11. The molecule has 2 aromatic rings. The van der Waals surface area contributed by atoms with Crippen LogP contribution < -0.4 is 5.32 Å². The number of aliphatic hydroxyl groups excluding tert-OH is 1. The van der Waals surface area contributed by atoms with Crippen molar-refractivity contribution in [3.05, 3.63) is 59.2 Å². The first kappa shape index (κ1) is 14.6. The number of hydrogen-bond donors (Lipinski definition) is 2. The van der Waals surface area contributed by atoms with Gasteiger partial charge in [0, 0.05) is 25.5 Å². The van der Waals surface area contributed by atoms with Crippen LogP contribution in [0.15, 0.2) is 30.5 Å². The number of aromatic nitrogens is 1. The van der Waals surface area contributed by atoms with Crippen LogP contribution in [-0.2, 0) is 13.6 Å². The Hall–Kier alpha value is -1.79. The predicted octanol–water partition coefficient (Wildman–Crippen LogP) is 2.27. The predicted molar refractivity (Wildman–Crippen MR) is 68.4 cm³/mol. The number of benzene rings is 1. The van der Waals surface area contributed by atoms with Crippen LogP contribution in [0.5, 0.6) is 0 Å². The zero-order valence-corrected chi connectivity index (χ0v) is 10.9. The van der Waals surface area contributed by atoms with Gasteiger partial charge in [-0.1, -0.05) is 0 Å². The highest BCUT2D eigenvalue weighted by Crippen LogP contribution is 2.19. The molecule has 1 atom stereocenters. The molecule has 20 heavy (non-hydrogen) atoms. The minimum Gasteiger partial charge on any atom is -0.394 e. The van der Waals surface area contributed by atoms with Gasteiger partial charge in [-0.3, -0.25) is 0 Å². The first-order valence-corrected chi connectivity index (χ1v) is 6.11. The molecule has 1 aromatic heterocycles. The lowest BCUT2D eigenvalue weighted by Gasteiger charge is -2.17. The lowest BCUT2D eigenvalue weighted by atomic mass is 10.1. The maximum absolute atomic E-state index is 13.2. The number of aryl methyl sites for hydroxylation is 1. The van der Waals surface area contributed by atoms with E-state index in [1.165, 1.54) is 0 Å². The molecule has 0 bridgehead atoms. The highest BCUT2D eigenvalue weighted by Gasteiger charge is 2.16. The summed E-state index contributed by atoms with van der Waals surface area (Å²) >= 11 is 0. The Balaban J connectivity index is 2.14. The normalized spacial score (nSPS) is 12.7. The van der Waals surface area contributed by atoms with E-state index in [-0.39, 0.29) is 12.2 Å². The van der Waals surface area contributed by atoms with Crippen LogP contribution in [0.2, 0.25) is 0 Å². The third-order valence-corrected chi connectivity index (χ3v) is 3.17. The maximum atomic E-state index is 13.2. The van der Waals surface area contributed by atoms with E-state index in [1.54, 1.807) is 0 Å². The van der Waals surface area contributed by atoms with Crippen molar-refractivity contribution < 1.29 is 18.3 Å². The smallest absolute Gasteiger partial charge is 0.194 e. The summed E-state index contributed by atoms with van der Waals surface area (Å²) in [6.45, 7) is 0.0598. The SMILES string of the molecule is Cn1cccc1CNC(CO)c1cc(F)c(F)c(F)c1. The molecule has 6 heteroatoms. The molecule has 0 radical (unpaired) electrons. The van der Waals surface area contributed by atoms with E-state index in [1.807, 2.05) is 29.9 Å². The standard InChI is InChI=1S/C14H15F3N2O/c1-19-4-2-3-10(19)7-18-13(8-20)9-5-11(15)14(17)12(16)6-9/h2-6,13,18,20H,7-8H2,1H3. The Morgan fingerprint density at radius 2 is 1.90 bits per heavy atom. The summed E-state index contributed by atoms with van der Waals surface area (Å²) in [6.07, 6.45) is 1.86. The molecule has 1 heterocycles. The molecule has 2 rings (SSSR count). The van der Waals surface area contributed by atoms with Crippen LogP contribution in [0.3, 0.4) is 0 Å². The van der Waals surface area contributed by atoms with Crippen molar-refractivity contribution >= 4 is 0 Å². The fourth-order valence-corrected chi connectivity index (χ4v) is 1.97. The fraction of sp³-hybridized carbons (Fsp3) is 0.286. The van der Waals surface area contributed by atoms with E-state index >= 15 is 0 Å². The van der Waals surface area contributed by atoms with Crippen molar-refractivity contribution in [2.24, 2.45) is 7.05 Å². The number of rotatable bonds is 5. The molecule has 0 amide bonds. The van der Waals surface area contributed by atoms with Crippen molar-refractivity contribution in [2.45, 2.75) is 12.6 Å². The van der Waals surface area contributed by atoms with E-state index in [0.29, 0.717) is 6.54 Å². The summed E-state index contributed by atoms with van der Waals surface area (Å²) in [7, 11) is 1.86. The second-order valence-electron chi connectivity index (χ2n) is 4.53. The van der Waals surface area contributed by atoms with Gasteiger partial charge in [-0.15, -0.1) is 0 Å². The lowest BCUT2D eigenvalue weighted by molar-refractivity contribution is 0.242. The molecule has 0 aliphatic carbocycles. The molecule has 0 aliphatic heterocycles. The minimum atomic E-state index is -1.51. The molecular weight excluding hydrogens is 269 g/mol. The zero-order chi connectivity index (χ0) is 14.7. The quantitative estimate of drug-likeness (QED) is 0.826. The molecule has 0 saturated heterocycles. The van der Waals surface area contributed by atoms with Crippen LogP contribution in [0.25, 0.3) is 0 Å². The average molecular weight is 284 g/mol. The maximum Gasteiger partial charge on any atom is 0.194 e. The fourth-order valence-electron chi connectivity index (χ4n) is 1.97. The van der Waals surface area contributed by atoms with Crippen LogP contribution in [-0.4, -0.2) is 16.3 Å². The molecule has 0 spiro atoms. The third kappa shape index (κ3) is 3.02. The van der Waals surface area contributed by atoms with Crippen molar-refractivity contribution in [3.8, 4) is 0 Å². The van der Waals surface area contributed by atoms with E-state index < -0.39 is 23.5 Å². The third-order valence-electron chi connectivity index (χ3n) is 3.17. The molecule has 3 nitrogen and oxygen atoms in total. The molecule has 0 saturated carbocycles. The van der Waals surface area contributed by atoms with Gasteiger partial charge in [-0.25, -0.2) is 13.2 Å². The van der Waals surface area contributed by atoms with Crippen molar-refractivity contribution in [1.82, 2.24) is 9.88 Å². The number of nitrogens with one attached hydrogen (secondary N) is 1. The van der Waals surface area contributed by atoms with Gasteiger partial charge in [-0.2, -0.15) is 0 Å². The Bertz CT molecular complexity index is 575. The van der Waals surface area contributed by atoms with Gasteiger partial charge in [0.25, 0.3) is 0 Å². The molecule has 108 valence electrons. The first-order chi connectivity index (χ1) is 9.52. The van der Waals surface area contributed by atoms with E-state index in [0.717, 1.165) is 17.8 Å². The molecule has 1 aromatic carbocycles. The molecule has 0 aliphatic rings. The Labute approximate surface area is 114 Å². The van der Waals surface area contributed by atoms with Crippen LogP contribution in [0, 0.1) is 17.5 Å². The Morgan fingerprint density at radius 3 is 2.40 bits per heavy atom. The van der Waals surface area contributed by atoms with Gasteiger partial charge in [0.1, 0.15) is 0 Å². The summed E-state index contributed by atoms with van der Waals surface area (Å²) in [5.41, 5.74) is 1.12. The molecule has 2 N–H and O–H groups in total. The van der Waals surface area contributed by atoms with Gasteiger partial charge >= 0.3 is 0 Å². The highest BCUT2D eigenvalue weighted by molar-refractivity contribution is 5.23. The summed E-state index contributed by atoms with van der Waals surface area (Å²) in [5, 5.41) is 12.3. The van der Waals surface area contributed by atoms with Crippen LogP contribution >= 0.6 is 0 Å². The minimum absolute atomic E-state index is 0.165. The number of aliphatic hydroxyl groups is 1. The first-order valence-electron chi connectivity index (χ1n) is 6.11. The molecule has 1 unspecified atom stereocenters. The molecular formula is C14H15F3N2O. The van der Waals surface area contributed by atoms with E-state index in [2.05, 4.69) is 5.32 Å². The monoisotopic (exact) mass is 284 g/mol. The highest BCUT2D eigenvalue weighted by atomic mass is 19.2. The zero-order valence-electron chi connectivity index (χ0n) is 10.9. The average Bonchev–Trinajstić information content (AvgIpc) is 2.82. The second-order valence-corrected chi connectivity index (χ2v) is 4.53. The number of halogens is 3. The summed E-state index contributed by atoms with van der Waals surface area (Å²) in [4.78, 5) is 0. The molecule has 0 fully saturated rings. The largest absolute Gasteiger partial charge is 0.394 e. The summed E-state index contributed by atoms with van der Waals surface area (Å²) in [6, 6.07) is 4.85. The van der Waals surface area contributed by atoms with Gasteiger partial charge < -0.3 is 15.0 Å². The van der Waals surface area contributed by atoms with E-state index in [9.17, 15) is 18.3 Å². The lowest BCUT2D eigenvalue weighted by Crippen LogP contribution is -2.25. The van der Waals surface area contributed by atoms with Crippen LogP contribution in [0.1, 0.15) is 17.3 Å². The summed E-state index contributed by atoms with van der Waals surface area (Å²) in [5.74, 6) is -4.04. The van der Waals surface area contributed by atoms with Crippen molar-refractivity contribution in [3.63, 3.8) is 0 Å². The van der Waals surface area contributed by atoms with Gasteiger partial charge in [0.05, 0.1) is 12.6 Å². The van der Waals surface area contributed by atoms with Crippen LogP contribution in [0.4, 0.5) is 13.2 Å². The Kier molecular flexibility index (Phi) is 4.46. The van der Waals surface area contributed by atoms with E-state index in [4.69, 9.17) is 0 Å². The number of hydrogen-bond acceptors (Lipinski definition) is 2. The number of nitrogens with zero attached hydrogens (tertiary/aromatic N) is 1. The van der Waals surface area contributed by atoms with Gasteiger partial charge in [0.15, 0.2) is 17.5 Å². The van der Waals surface area contributed by atoms with Gasteiger partial charge in [0.2, 0.25) is 0 Å². The topological polar surface area (TPSA) is 37.2 Å².